The smallest absolute Gasteiger partial charge is 0.233 e. The Balaban J connectivity index is 1.84. The molecule has 114 valence electrons. The topological polar surface area (TPSA) is 85.0 Å². The van der Waals surface area contributed by atoms with Gasteiger partial charge in [0.05, 0.1) is 23.0 Å². The van der Waals surface area contributed by atoms with Crippen LogP contribution in [0.4, 0.5) is 5.13 Å². The molecule has 2 N–H and O–H groups in total. The van der Waals surface area contributed by atoms with Crippen molar-refractivity contribution in [2.45, 2.75) is 30.6 Å². The van der Waals surface area contributed by atoms with Gasteiger partial charge in [0.25, 0.3) is 0 Å². The maximum atomic E-state index is 12.1. The average Bonchev–Trinajstić information content (AvgIpc) is 3.05. The first-order valence-corrected chi connectivity index (χ1v) is 9.04. The molecule has 0 fully saturated rings. The van der Waals surface area contributed by atoms with Gasteiger partial charge >= 0.3 is 0 Å². The number of carbonyl (C=O) groups excluding carboxylic acids is 1. The molecule has 0 atom stereocenters. The molecule has 2 rings (SSSR count). The number of hydrogen-bond donors (Lipinski definition) is 1. The fourth-order valence-electron chi connectivity index (χ4n) is 1.50. The maximum absolute atomic E-state index is 12.1. The van der Waals surface area contributed by atoms with Crippen LogP contribution in [0.2, 0.25) is 0 Å². The molecular weight excluding hydrogens is 326 g/mol. The largest absolute Gasteiger partial charge is 0.374 e. The van der Waals surface area contributed by atoms with Crippen LogP contribution < -0.4 is 5.73 Å². The molecule has 21 heavy (non-hydrogen) atoms. The van der Waals surface area contributed by atoms with Crippen molar-refractivity contribution in [2.24, 2.45) is 0 Å². The number of thioether (sulfide) groups is 1. The van der Waals surface area contributed by atoms with Crippen LogP contribution in [0.5, 0.6) is 0 Å². The van der Waals surface area contributed by atoms with Crippen LogP contribution in [-0.2, 0) is 11.3 Å². The fraction of sp³-hybridized carbons (Fsp3) is 0.500. The SMILES string of the molecule is CC(C)c1nc(CN(C)C(=O)CSc2nnc(N)s2)cs1. The highest BCUT2D eigenvalue weighted by molar-refractivity contribution is 8.01. The average molecular weight is 344 g/mol. The van der Waals surface area contributed by atoms with Crippen LogP contribution in [0.25, 0.3) is 0 Å². The second kappa shape index (κ2) is 7.19. The lowest BCUT2D eigenvalue weighted by Crippen LogP contribution is -2.27. The summed E-state index contributed by atoms with van der Waals surface area (Å²) in [5, 5.41) is 11.1. The minimum absolute atomic E-state index is 0.0351. The Kier molecular flexibility index (Phi) is 5.54. The molecule has 0 radical (unpaired) electrons. The predicted molar refractivity (Wildman–Crippen MR) is 87.7 cm³/mol. The third-order valence-corrected chi connectivity index (χ3v) is 5.69. The number of nitrogens with two attached hydrogens (primary N) is 1. The van der Waals surface area contributed by atoms with E-state index in [1.54, 1.807) is 23.3 Å². The lowest BCUT2D eigenvalue weighted by atomic mass is 10.2. The van der Waals surface area contributed by atoms with E-state index in [9.17, 15) is 4.79 Å². The summed E-state index contributed by atoms with van der Waals surface area (Å²) in [7, 11) is 1.78. The van der Waals surface area contributed by atoms with Crippen molar-refractivity contribution in [2.75, 3.05) is 18.5 Å². The Morgan fingerprint density at radius 3 is 2.81 bits per heavy atom. The van der Waals surface area contributed by atoms with Gasteiger partial charge in [-0.25, -0.2) is 4.98 Å². The summed E-state index contributed by atoms with van der Waals surface area (Å²) in [6.07, 6.45) is 0. The zero-order chi connectivity index (χ0) is 15.4. The van der Waals surface area contributed by atoms with E-state index in [0.717, 1.165) is 10.7 Å². The van der Waals surface area contributed by atoms with Gasteiger partial charge in [-0.2, -0.15) is 0 Å². The van der Waals surface area contributed by atoms with Gasteiger partial charge in [0.1, 0.15) is 0 Å². The second-order valence-corrected chi connectivity index (χ2v) is 7.90. The third kappa shape index (κ3) is 4.65. The van der Waals surface area contributed by atoms with Crippen LogP contribution >= 0.6 is 34.4 Å². The van der Waals surface area contributed by atoms with E-state index in [-0.39, 0.29) is 5.91 Å². The van der Waals surface area contributed by atoms with E-state index in [0.29, 0.717) is 27.7 Å². The van der Waals surface area contributed by atoms with Crippen molar-refractivity contribution >= 4 is 45.5 Å². The molecule has 2 heterocycles. The van der Waals surface area contributed by atoms with E-state index < -0.39 is 0 Å². The van der Waals surface area contributed by atoms with E-state index >= 15 is 0 Å². The van der Waals surface area contributed by atoms with E-state index in [1.807, 2.05) is 5.38 Å². The first-order chi connectivity index (χ1) is 9.95. The molecule has 0 aliphatic rings. The van der Waals surface area contributed by atoms with Crippen LogP contribution in [-0.4, -0.2) is 38.8 Å². The summed E-state index contributed by atoms with van der Waals surface area (Å²) in [5.74, 6) is 0.780. The van der Waals surface area contributed by atoms with Crippen LogP contribution in [0.15, 0.2) is 9.72 Å². The molecule has 0 spiro atoms. The van der Waals surface area contributed by atoms with Gasteiger partial charge in [-0.05, 0) is 0 Å². The van der Waals surface area contributed by atoms with Gasteiger partial charge < -0.3 is 10.6 Å². The Morgan fingerprint density at radius 1 is 1.48 bits per heavy atom. The van der Waals surface area contributed by atoms with Crippen LogP contribution in [0.1, 0.15) is 30.5 Å². The van der Waals surface area contributed by atoms with Crippen molar-refractivity contribution in [3.05, 3.63) is 16.1 Å². The zero-order valence-electron chi connectivity index (χ0n) is 12.1. The lowest BCUT2D eigenvalue weighted by molar-refractivity contribution is -0.127. The van der Waals surface area contributed by atoms with Crippen molar-refractivity contribution in [1.29, 1.82) is 0 Å². The predicted octanol–water partition coefficient (Wildman–Crippen LogP) is 2.45. The van der Waals surface area contributed by atoms with E-state index in [2.05, 4.69) is 29.0 Å². The van der Waals surface area contributed by atoms with Crippen LogP contribution in [0, 0.1) is 0 Å². The van der Waals surface area contributed by atoms with E-state index in [1.165, 1.54) is 23.1 Å². The van der Waals surface area contributed by atoms with Crippen LogP contribution in [0.3, 0.4) is 0 Å². The molecule has 2 aromatic rings. The number of anilines is 1. The van der Waals surface area contributed by atoms with Gasteiger partial charge in [0.2, 0.25) is 11.0 Å². The van der Waals surface area contributed by atoms with Crippen molar-refractivity contribution in [3.63, 3.8) is 0 Å². The lowest BCUT2D eigenvalue weighted by Gasteiger charge is -2.15. The summed E-state index contributed by atoms with van der Waals surface area (Å²) < 4.78 is 0.713. The van der Waals surface area contributed by atoms with Gasteiger partial charge in [0.15, 0.2) is 4.34 Å². The van der Waals surface area contributed by atoms with Crippen molar-refractivity contribution in [1.82, 2.24) is 20.1 Å². The molecule has 0 aromatic carbocycles. The van der Waals surface area contributed by atoms with Gasteiger partial charge in [0, 0.05) is 18.3 Å². The molecule has 0 bridgehead atoms. The molecule has 0 aliphatic carbocycles. The highest BCUT2D eigenvalue weighted by Gasteiger charge is 2.14. The number of carbonyl (C=O) groups is 1. The minimum atomic E-state index is 0.0351. The molecule has 1 amide bonds. The third-order valence-electron chi connectivity index (χ3n) is 2.63. The summed E-state index contributed by atoms with van der Waals surface area (Å²) in [4.78, 5) is 18.3. The van der Waals surface area contributed by atoms with Crippen molar-refractivity contribution < 1.29 is 4.79 Å². The highest BCUT2D eigenvalue weighted by Crippen LogP contribution is 2.24. The van der Waals surface area contributed by atoms with Gasteiger partial charge in [-0.15, -0.1) is 21.5 Å². The fourth-order valence-corrected chi connectivity index (χ4v) is 3.91. The molecule has 0 saturated carbocycles. The molecule has 2 aromatic heterocycles. The number of rotatable bonds is 6. The first kappa shape index (κ1) is 16.2. The quantitative estimate of drug-likeness (QED) is 0.811. The number of nitrogens with zero attached hydrogens (tertiary/aromatic N) is 4. The second-order valence-electron chi connectivity index (χ2n) is 4.78. The summed E-state index contributed by atoms with van der Waals surface area (Å²) in [6.45, 7) is 4.75. The molecule has 0 saturated heterocycles. The molecule has 6 nitrogen and oxygen atoms in total. The minimum Gasteiger partial charge on any atom is -0.374 e. The number of aromatic nitrogens is 3. The van der Waals surface area contributed by atoms with Gasteiger partial charge in [-0.1, -0.05) is 36.9 Å². The van der Waals surface area contributed by atoms with E-state index in [4.69, 9.17) is 5.73 Å². The Bertz CT molecular complexity index is 610. The summed E-state index contributed by atoms with van der Waals surface area (Å²) in [5.41, 5.74) is 6.44. The normalized spacial score (nSPS) is 11.0. The Hall–Kier alpha value is -1.19. The number of amides is 1. The number of hydrogen-bond acceptors (Lipinski definition) is 8. The maximum Gasteiger partial charge on any atom is 0.233 e. The highest BCUT2D eigenvalue weighted by atomic mass is 32.2. The Morgan fingerprint density at radius 2 is 2.24 bits per heavy atom. The molecular formula is C12H17N5OS3. The monoisotopic (exact) mass is 343 g/mol. The van der Waals surface area contributed by atoms with Crippen molar-refractivity contribution in [3.8, 4) is 0 Å². The summed E-state index contributed by atoms with van der Waals surface area (Å²) >= 11 is 4.28. The Labute approximate surface area is 135 Å². The van der Waals surface area contributed by atoms with Gasteiger partial charge in [-0.3, -0.25) is 4.79 Å². The standard InChI is InChI=1S/C12H17N5OS3/c1-7(2)10-14-8(5-19-10)4-17(3)9(18)6-20-12-16-15-11(13)21-12/h5,7H,4,6H2,1-3H3,(H2,13,15). The summed E-state index contributed by atoms with van der Waals surface area (Å²) in [6, 6.07) is 0. The molecule has 0 aliphatic heterocycles. The number of thiazole rings is 1. The first-order valence-electron chi connectivity index (χ1n) is 6.35. The zero-order valence-corrected chi connectivity index (χ0v) is 14.5. The molecule has 0 unspecified atom stereocenters. The number of nitrogen functional groups attached to an aromatic ring is 1. The molecule has 9 heteroatoms.